The van der Waals surface area contributed by atoms with Crippen LogP contribution >= 0.6 is 0 Å². The number of methoxy groups -OCH3 is 2. The van der Waals surface area contributed by atoms with Crippen LogP contribution in [-0.4, -0.2) is 44.8 Å². The van der Waals surface area contributed by atoms with Gasteiger partial charge in [0.2, 0.25) is 0 Å². The zero-order chi connectivity index (χ0) is 20.1. The summed E-state index contributed by atoms with van der Waals surface area (Å²) in [5, 5.41) is 3.01. The summed E-state index contributed by atoms with van der Waals surface area (Å²) in [6, 6.07) is 11.2. The van der Waals surface area contributed by atoms with Gasteiger partial charge >= 0.3 is 6.03 Å². The Bertz CT molecular complexity index is 813. The molecule has 0 bridgehead atoms. The third kappa shape index (κ3) is 4.54. The lowest BCUT2D eigenvalue weighted by Crippen LogP contribution is -2.47. The average molecular weight is 388 g/mol. The highest BCUT2D eigenvalue weighted by Gasteiger charge is 2.27. The summed E-state index contributed by atoms with van der Waals surface area (Å²) < 4.78 is 29.6. The number of urea groups is 1. The van der Waals surface area contributed by atoms with Crippen LogP contribution in [-0.2, 0) is 4.74 Å². The molecule has 0 aromatic heterocycles. The Labute approximate surface area is 164 Å². The molecule has 2 aromatic carbocycles. The van der Waals surface area contributed by atoms with Gasteiger partial charge in [0.05, 0.1) is 33.4 Å². The van der Waals surface area contributed by atoms with Gasteiger partial charge in [0, 0.05) is 12.1 Å². The van der Waals surface area contributed by atoms with Crippen LogP contribution in [0.4, 0.5) is 9.18 Å². The molecule has 7 heteroatoms. The quantitative estimate of drug-likeness (QED) is 0.849. The van der Waals surface area contributed by atoms with E-state index in [1.807, 2.05) is 25.1 Å². The van der Waals surface area contributed by atoms with Crippen molar-refractivity contribution in [3.63, 3.8) is 0 Å². The molecule has 1 saturated heterocycles. The SMILES string of the molecule is COc1ccc(OC)c(C(C)NC(=O)N2CCOC(c3ccc(F)cc3)C2)c1. The van der Waals surface area contributed by atoms with Gasteiger partial charge in [0.1, 0.15) is 23.4 Å². The molecule has 28 heavy (non-hydrogen) atoms. The fourth-order valence-corrected chi connectivity index (χ4v) is 3.24. The first-order valence-electron chi connectivity index (χ1n) is 9.16. The fraction of sp³-hybridized carbons (Fsp3) is 0.381. The minimum atomic E-state index is -0.296. The minimum absolute atomic E-state index is 0.187. The molecule has 1 aliphatic rings. The Hall–Kier alpha value is -2.80. The first kappa shape index (κ1) is 19.9. The minimum Gasteiger partial charge on any atom is -0.497 e. The first-order valence-corrected chi connectivity index (χ1v) is 9.16. The molecule has 0 saturated carbocycles. The van der Waals surface area contributed by atoms with Crippen molar-refractivity contribution in [1.82, 2.24) is 10.2 Å². The number of amides is 2. The van der Waals surface area contributed by atoms with Crippen LogP contribution in [0.3, 0.4) is 0 Å². The standard InChI is InChI=1S/C21H25FN2O4/c1-14(18-12-17(26-2)8-9-19(18)27-3)23-21(25)24-10-11-28-20(13-24)15-4-6-16(22)7-5-15/h4-9,12,14,20H,10-11,13H2,1-3H3,(H,23,25). The molecule has 0 aliphatic carbocycles. The van der Waals surface area contributed by atoms with Crippen LogP contribution < -0.4 is 14.8 Å². The van der Waals surface area contributed by atoms with Gasteiger partial charge in [-0.05, 0) is 42.8 Å². The van der Waals surface area contributed by atoms with E-state index in [0.29, 0.717) is 31.2 Å². The number of hydrogen-bond acceptors (Lipinski definition) is 4. The summed E-state index contributed by atoms with van der Waals surface area (Å²) in [7, 11) is 3.19. The second kappa shape index (κ2) is 8.93. The molecule has 0 spiro atoms. The van der Waals surface area contributed by atoms with Gasteiger partial charge in [0.25, 0.3) is 0 Å². The summed E-state index contributed by atoms with van der Waals surface area (Å²) in [6.07, 6.45) is -0.276. The summed E-state index contributed by atoms with van der Waals surface area (Å²) in [4.78, 5) is 14.5. The first-order chi connectivity index (χ1) is 13.5. The number of carbonyl (C=O) groups excluding carboxylic acids is 1. The number of halogens is 1. The maximum atomic E-state index is 13.1. The molecule has 0 radical (unpaired) electrons. The van der Waals surface area contributed by atoms with Crippen LogP contribution in [0.15, 0.2) is 42.5 Å². The Morgan fingerprint density at radius 3 is 2.64 bits per heavy atom. The third-order valence-electron chi connectivity index (χ3n) is 4.84. The van der Waals surface area contributed by atoms with Crippen LogP contribution in [0.2, 0.25) is 0 Å². The van der Waals surface area contributed by atoms with E-state index >= 15 is 0 Å². The Morgan fingerprint density at radius 1 is 1.21 bits per heavy atom. The van der Waals surface area contributed by atoms with E-state index in [1.165, 1.54) is 12.1 Å². The Morgan fingerprint density at radius 2 is 1.96 bits per heavy atom. The average Bonchev–Trinajstić information content (AvgIpc) is 2.73. The van der Waals surface area contributed by atoms with Crippen LogP contribution in [0.1, 0.15) is 30.2 Å². The van der Waals surface area contributed by atoms with E-state index < -0.39 is 0 Å². The van der Waals surface area contributed by atoms with Gasteiger partial charge in [-0.25, -0.2) is 9.18 Å². The molecule has 1 aliphatic heterocycles. The van der Waals surface area contributed by atoms with Crippen molar-refractivity contribution in [1.29, 1.82) is 0 Å². The fourth-order valence-electron chi connectivity index (χ4n) is 3.24. The van der Waals surface area contributed by atoms with Crippen molar-refractivity contribution < 1.29 is 23.4 Å². The number of ether oxygens (including phenoxy) is 3. The van der Waals surface area contributed by atoms with Crippen LogP contribution in [0, 0.1) is 5.82 Å². The lowest BCUT2D eigenvalue weighted by molar-refractivity contribution is -0.0157. The van der Waals surface area contributed by atoms with Crippen molar-refractivity contribution in [2.75, 3.05) is 33.9 Å². The normalized spacial score (nSPS) is 17.7. The molecule has 1 fully saturated rings. The molecule has 1 N–H and O–H groups in total. The van der Waals surface area contributed by atoms with Crippen molar-refractivity contribution in [2.45, 2.75) is 19.1 Å². The van der Waals surface area contributed by atoms with E-state index in [0.717, 1.165) is 11.1 Å². The Balaban J connectivity index is 1.67. The second-order valence-electron chi connectivity index (χ2n) is 6.64. The molecule has 2 amide bonds. The lowest BCUT2D eigenvalue weighted by Gasteiger charge is -2.34. The third-order valence-corrected chi connectivity index (χ3v) is 4.84. The molecule has 150 valence electrons. The molecule has 2 atom stereocenters. The summed E-state index contributed by atoms with van der Waals surface area (Å²) in [6.45, 7) is 3.21. The number of morpholine rings is 1. The largest absolute Gasteiger partial charge is 0.497 e. The number of nitrogens with one attached hydrogen (secondary N) is 1. The molecule has 6 nitrogen and oxygen atoms in total. The number of benzene rings is 2. The predicted octanol–water partition coefficient (Wildman–Crippen LogP) is 3.69. The predicted molar refractivity (Wildman–Crippen MR) is 103 cm³/mol. The monoisotopic (exact) mass is 388 g/mol. The van der Waals surface area contributed by atoms with E-state index in [9.17, 15) is 9.18 Å². The number of rotatable bonds is 5. The molecule has 2 unspecified atom stereocenters. The van der Waals surface area contributed by atoms with Gasteiger partial charge in [0.15, 0.2) is 0 Å². The topological polar surface area (TPSA) is 60.0 Å². The Kier molecular flexibility index (Phi) is 6.36. The van der Waals surface area contributed by atoms with Crippen molar-refractivity contribution in [2.24, 2.45) is 0 Å². The number of carbonyl (C=O) groups is 1. The highest BCUT2D eigenvalue weighted by atomic mass is 19.1. The van der Waals surface area contributed by atoms with Crippen LogP contribution in [0.25, 0.3) is 0 Å². The van der Waals surface area contributed by atoms with Crippen molar-refractivity contribution in [3.8, 4) is 11.5 Å². The molecule has 3 rings (SSSR count). The van der Waals surface area contributed by atoms with E-state index in [-0.39, 0.29) is 24.0 Å². The molecular weight excluding hydrogens is 363 g/mol. The van der Waals surface area contributed by atoms with Gasteiger partial charge in [-0.2, -0.15) is 0 Å². The van der Waals surface area contributed by atoms with Crippen LogP contribution in [0.5, 0.6) is 11.5 Å². The highest BCUT2D eigenvalue weighted by molar-refractivity contribution is 5.75. The van der Waals surface area contributed by atoms with Gasteiger partial charge < -0.3 is 24.4 Å². The maximum Gasteiger partial charge on any atom is 0.318 e. The number of nitrogens with zero attached hydrogens (tertiary/aromatic N) is 1. The maximum absolute atomic E-state index is 13.1. The summed E-state index contributed by atoms with van der Waals surface area (Å²) >= 11 is 0. The number of hydrogen-bond donors (Lipinski definition) is 1. The zero-order valence-corrected chi connectivity index (χ0v) is 16.3. The summed E-state index contributed by atoms with van der Waals surface area (Å²) in [5.74, 6) is 1.08. The second-order valence-corrected chi connectivity index (χ2v) is 6.64. The van der Waals surface area contributed by atoms with Crippen molar-refractivity contribution >= 4 is 6.03 Å². The lowest BCUT2D eigenvalue weighted by atomic mass is 10.1. The van der Waals surface area contributed by atoms with E-state index in [2.05, 4.69) is 5.32 Å². The van der Waals surface area contributed by atoms with Gasteiger partial charge in [-0.1, -0.05) is 12.1 Å². The smallest absolute Gasteiger partial charge is 0.318 e. The zero-order valence-electron chi connectivity index (χ0n) is 16.3. The molecule has 2 aromatic rings. The molecular formula is C21H25FN2O4. The van der Waals surface area contributed by atoms with E-state index in [4.69, 9.17) is 14.2 Å². The summed E-state index contributed by atoms with van der Waals surface area (Å²) in [5.41, 5.74) is 1.68. The van der Waals surface area contributed by atoms with Gasteiger partial charge in [-0.3, -0.25) is 0 Å². The van der Waals surface area contributed by atoms with Crippen molar-refractivity contribution in [3.05, 3.63) is 59.4 Å². The molecule has 1 heterocycles. The van der Waals surface area contributed by atoms with Gasteiger partial charge in [-0.15, -0.1) is 0 Å². The highest BCUT2D eigenvalue weighted by Crippen LogP contribution is 2.29. The van der Waals surface area contributed by atoms with E-state index in [1.54, 1.807) is 31.3 Å².